The molecule has 2 atom stereocenters. The maximum atomic E-state index is 6.36. The highest BCUT2D eigenvalue weighted by atomic mass is 16.5. The quantitative estimate of drug-likeness (QED) is 0.724. The van der Waals surface area contributed by atoms with E-state index in [1.807, 2.05) is 0 Å². The summed E-state index contributed by atoms with van der Waals surface area (Å²) in [6.45, 7) is 10.5. The Labute approximate surface area is 100 Å². The minimum atomic E-state index is -0.100. The van der Waals surface area contributed by atoms with Crippen LogP contribution in [0.15, 0.2) is 0 Å². The standard InChI is InChI=1S/C13H28N2O/c1-4-6-8-15(12(3)5-2)10-13(14)7-9-16-11-13/h12H,4-11,14H2,1-3H3. The smallest absolute Gasteiger partial charge is 0.0659 e. The Hall–Kier alpha value is -0.120. The summed E-state index contributed by atoms with van der Waals surface area (Å²) in [6.07, 6.45) is 4.72. The van der Waals surface area contributed by atoms with Crippen LogP contribution in [0, 0.1) is 0 Å². The third kappa shape index (κ3) is 4.04. The van der Waals surface area contributed by atoms with Crippen LogP contribution in [0.1, 0.15) is 46.5 Å². The lowest BCUT2D eigenvalue weighted by atomic mass is 9.98. The zero-order valence-electron chi connectivity index (χ0n) is 11.2. The largest absolute Gasteiger partial charge is 0.379 e. The molecule has 0 bridgehead atoms. The predicted molar refractivity (Wildman–Crippen MR) is 68.6 cm³/mol. The summed E-state index contributed by atoms with van der Waals surface area (Å²) in [5, 5.41) is 0. The highest BCUT2D eigenvalue weighted by Crippen LogP contribution is 2.19. The van der Waals surface area contributed by atoms with E-state index in [4.69, 9.17) is 10.5 Å². The number of hydrogen-bond donors (Lipinski definition) is 1. The molecule has 16 heavy (non-hydrogen) atoms. The highest BCUT2D eigenvalue weighted by molar-refractivity contribution is 4.92. The molecule has 1 fully saturated rings. The van der Waals surface area contributed by atoms with E-state index < -0.39 is 0 Å². The second kappa shape index (κ2) is 6.58. The van der Waals surface area contributed by atoms with E-state index in [9.17, 15) is 0 Å². The summed E-state index contributed by atoms with van der Waals surface area (Å²) in [5.41, 5.74) is 6.26. The monoisotopic (exact) mass is 228 g/mol. The van der Waals surface area contributed by atoms with Crippen molar-refractivity contribution < 1.29 is 4.74 Å². The molecule has 2 unspecified atom stereocenters. The third-order valence-electron chi connectivity index (χ3n) is 3.66. The molecule has 1 saturated heterocycles. The molecule has 96 valence electrons. The van der Waals surface area contributed by atoms with Gasteiger partial charge in [-0.25, -0.2) is 0 Å². The molecule has 3 heteroatoms. The lowest BCUT2D eigenvalue weighted by molar-refractivity contribution is 0.129. The molecule has 1 heterocycles. The first-order valence-electron chi connectivity index (χ1n) is 6.72. The highest BCUT2D eigenvalue weighted by Gasteiger charge is 2.33. The molecular weight excluding hydrogens is 200 g/mol. The molecule has 1 rings (SSSR count). The molecule has 0 aromatic heterocycles. The van der Waals surface area contributed by atoms with Crippen molar-refractivity contribution in [3.8, 4) is 0 Å². The maximum Gasteiger partial charge on any atom is 0.0659 e. The van der Waals surface area contributed by atoms with E-state index in [1.165, 1.54) is 25.8 Å². The van der Waals surface area contributed by atoms with Crippen molar-refractivity contribution in [1.29, 1.82) is 0 Å². The van der Waals surface area contributed by atoms with Crippen LogP contribution in [0.2, 0.25) is 0 Å². The van der Waals surface area contributed by atoms with Crippen LogP contribution in [0.4, 0.5) is 0 Å². The normalized spacial score (nSPS) is 27.6. The van der Waals surface area contributed by atoms with E-state index in [0.29, 0.717) is 6.04 Å². The van der Waals surface area contributed by atoms with Gasteiger partial charge in [0, 0.05) is 19.2 Å². The fraction of sp³-hybridized carbons (Fsp3) is 1.00. The second-order valence-corrected chi connectivity index (χ2v) is 5.25. The molecule has 2 N–H and O–H groups in total. The number of ether oxygens (including phenoxy) is 1. The Kier molecular flexibility index (Phi) is 5.73. The second-order valence-electron chi connectivity index (χ2n) is 5.25. The summed E-state index contributed by atoms with van der Waals surface area (Å²) in [5.74, 6) is 0. The summed E-state index contributed by atoms with van der Waals surface area (Å²) in [7, 11) is 0. The molecule has 0 saturated carbocycles. The topological polar surface area (TPSA) is 38.5 Å². The minimum Gasteiger partial charge on any atom is -0.379 e. The van der Waals surface area contributed by atoms with Crippen molar-refractivity contribution in [3.63, 3.8) is 0 Å². The van der Waals surface area contributed by atoms with Gasteiger partial charge in [0.05, 0.1) is 12.1 Å². The van der Waals surface area contributed by atoms with Crippen molar-refractivity contribution in [1.82, 2.24) is 4.90 Å². The van der Waals surface area contributed by atoms with Crippen LogP contribution >= 0.6 is 0 Å². The van der Waals surface area contributed by atoms with Gasteiger partial charge in [-0.3, -0.25) is 4.90 Å². The summed E-state index contributed by atoms with van der Waals surface area (Å²) in [6, 6.07) is 0.632. The molecule has 0 aromatic carbocycles. The number of nitrogens with zero attached hydrogens (tertiary/aromatic N) is 1. The Morgan fingerprint density at radius 2 is 2.19 bits per heavy atom. The molecule has 0 aliphatic carbocycles. The first-order valence-corrected chi connectivity index (χ1v) is 6.72. The van der Waals surface area contributed by atoms with Gasteiger partial charge in [-0.05, 0) is 32.7 Å². The molecule has 3 nitrogen and oxygen atoms in total. The average Bonchev–Trinajstić information content (AvgIpc) is 2.70. The summed E-state index contributed by atoms with van der Waals surface area (Å²) >= 11 is 0. The van der Waals surface area contributed by atoms with E-state index in [1.54, 1.807) is 0 Å². The van der Waals surface area contributed by atoms with Gasteiger partial charge in [-0.2, -0.15) is 0 Å². The Bertz CT molecular complexity index is 190. The lowest BCUT2D eigenvalue weighted by Gasteiger charge is -2.35. The van der Waals surface area contributed by atoms with Crippen LogP contribution in [0.3, 0.4) is 0 Å². The fourth-order valence-corrected chi connectivity index (χ4v) is 2.23. The first-order chi connectivity index (χ1) is 7.61. The van der Waals surface area contributed by atoms with Gasteiger partial charge in [0.25, 0.3) is 0 Å². The van der Waals surface area contributed by atoms with Crippen molar-refractivity contribution in [2.45, 2.75) is 58.0 Å². The molecule has 1 aliphatic heterocycles. The van der Waals surface area contributed by atoms with Crippen LogP contribution in [-0.4, -0.2) is 42.8 Å². The molecule has 0 radical (unpaired) electrons. The molecular formula is C13H28N2O. The van der Waals surface area contributed by atoms with Gasteiger partial charge < -0.3 is 10.5 Å². The Morgan fingerprint density at radius 1 is 1.44 bits per heavy atom. The van der Waals surface area contributed by atoms with Crippen molar-refractivity contribution in [3.05, 3.63) is 0 Å². The fourth-order valence-electron chi connectivity index (χ4n) is 2.23. The number of rotatable bonds is 7. The van der Waals surface area contributed by atoms with Gasteiger partial charge >= 0.3 is 0 Å². The van der Waals surface area contributed by atoms with E-state index in [0.717, 1.165) is 26.2 Å². The molecule has 1 aliphatic rings. The summed E-state index contributed by atoms with van der Waals surface area (Å²) < 4.78 is 5.43. The van der Waals surface area contributed by atoms with Crippen LogP contribution in [0.5, 0.6) is 0 Å². The zero-order valence-corrected chi connectivity index (χ0v) is 11.2. The van der Waals surface area contributed by atoms with E-state index >= 15 is 0 Å². The molecule has 0 aromatic rings. The average molecular weight is 228 g/mol. The van der Waals surface area contributed by atoms with Crippen LogP contribution < -0.4 is 5.73 Å². The lowest BCUT2D eigenvalue weighted by Crippen LogP contribution is -2.53. The van der Waals surface area contributed by atoms with Crippen LogP contribution in [-0.2, 0) is 4.74 Å². The van der Waals surface area contributed by atoms with Crippen molar-refractivity contribution in [2.75, 3.05) is 26.3 Å². The number of unbranched alkanes of at least 4 members (excludes halogenated alkanes) is 1. The summed E-state index contributed by atoms with van der Waals surface area (Å²) in [4.78, 5) is 2.54. The predicted octanol–water partition coefficient (Wildman–Crippen LogP) is 2.00. The van der Waals surface area contributed by atoms with Gasteiger partial charge in [-0.1, -0.05) is 20.3 Å². The van der Waals surface area contributed by atoms with E-state index in [-0.39, 0.29) is 5.54 Å². The number of nitrogens with two attached hydrogens (primary N) is 1. The SMILES string of the molecule is CCCCN(CC1(N)CCOC1)C(C)CC. The van der Waals surface area contributed by atoms with Gasteiger partial charge in [0.15, 0.2) is 0 Å². The zero-order chi connectivity index (χ0) is 12.0. The van der Waals surface area contributed by atoms with Gasteiger partial charge in [0.1, 0.15) is 0 Å². The number of hydrogen-bond acceptors (Lipinski definition) is 3. The van der Waals surface area contributed by atoms with E-state index in [2.05, 4.69) is 25.7 Å². The maximum absolute atomic E-state index is 6.36. The van der Waals surface area contributed by atoms with Crippen LogP contribution in [0.25, 0.3) is 0 Å². The minimum absolute atomic E-state index is 0.100. The first kappa shape index (κ1) is 13.9. The third-order valence-corrected chi connectivity index (χ3v) is 3.66. The molecule has 0 spiro atoms. The molecule has 0 amide bonds. The van der Waals surface area contributed by atoms with Gasteiger partial charge in [-0.15, -0.1) is 0 Å². The Morgan fingerprint density at radius 3 is 2.69 bits per heavy atom. The Balaban J connectivity index is 2.47. The van der Waals surface area contributed by atoms with Crippen molar-refractivity contribution >= 4 is 0 Å². The van der Waals surface area contributed by atoms with Crippen molar-refractivity contribution in [2.24, 2.45) is 5.73 Å². The van der Waals surface area contributed by atoms with Gasteiger partial charge in [0.2, 0.25) is 0 Å².